The maximum absolute atomic E-state index is 4.61. The molecule has 0 N–H and O–H groups in total. The van der Waals surface area contributed by atoms with Gasteiger partial charge in [-0.2, -0.15) is 0 Å². The van der Waals surface area contributed by atoms with Crippen LogP contribution in [0.25, 0.3) is 66.6 Å². The molecule has 58 heavy (non-hydrogen) atoms. The number of fused-ring (bicyclic) bond motifs is 6. The van der Waals surface area contributed by atoms with Crippen molar-refractivity contribution in [2.24, 2.45) is 4.99 Å². The summed E-state index contributed by atoms with van der Waals surface area (Å²) in [5.74, 6) is 0. The summed E-state index contributed by atoms with van der Waals surface area (Å²) in [6, 6.07) is 72.6. The number of allylic oxidation sites excluding steroid dienone is 3. The first-order valence-corrected chi connectivity index (χ1v) is 19.8. The summed E-state index contributed by atoms with van der Waals surface area (Å²) in [6.07, 6.45) is 6.52. The highest BCUT2D eigenvalue weighted by molar-refractivity contribution is 6.14. The Morgan fingerprint density at radius 1 is 0.431 bits per heavy atom. The molecule has 0 bridgehead atoms. The fraction of sp³-hybridized carbons (Fsp3) is 0.0364. The number of benzene rings is 8. The first-order chi connectivity index (χ1) is 28.7. The third-order valence-corrected chi connectivity index (χ3v) is 10.7. The Labute approximate surface area is 339 Å². The van der Waals surface area contributed by atoms with Crippen LogP contribution in [0, 0.1) is 6.92 Å². The van der Waals surface area contributed by atoms with Crippen LogP contribution in [-0.4, -0.2) is 21.9 Å². The lowest BCUT2D eigenvalue weighted by molar-refractivity contribution is 1.18. The number of aryl methyl sites for hydroxylation is 1. The zero-order chi connectivity index (χ0) is 39.3. The molecule has 8 aromatic carbocycles. The van der Waals surface area contributed by atoms with Gasteiger partial charge in [0.1, 0.15) is 0 Å². The Morgan fingerprint density at radius 3 is 1.47 bits per heavy atom. The van der Waals surface area contributed by atoms with E-state index in [0.717, 1.165) is 33.7 Å². The molecule has 3 nitrogen and oxygen atoms in total. The maximum atomic E-state index is 4.61. The fourth-order valence-electron chi connectivity index (χ4n) is 7.96. The minimum Gasteiger partial charge on any atom is -0.309 e. The van der Waals surface area contributed by atoms with Crippen LogP contribution in [-0.2, 0) is 0 Å². The maximum Gasteiger partial charge on any atom is 0.0649 e. The van der Waals surface area contributed by atoms with Crippen molar-refractivity contribution >= 4 is 61.0 Å². The molecule has 0 saturated heterocycles. The third-order valence-electron chi connectivity index (χ3n) is 10.7. The molecule has 10 aromatic rings. The summed E-state index contributed by atoms with van der Waals surface area (Å²) >= 11 is 0. The number of hydrogen-bond acceptors (Lipinski definition) is 1. The monoisotopic (exact) mass is 745 g/mol. The van der Waals surface area contributed by atoms with Gasteiger partial charge >= 0.3 is 0 Å². The van der Waals surface area contributed by atoms with Gasteiger partial charge < -0.3 is 9.13 Å². The summed E-state index contributed by atoms with van der Waals surface area (Å²) in [5, 5.41) is 5.18. The third kappa shape index (κ3) is 7.18. The summed E-state index contributed by atoms with van der Waals surface area (Å²) in [5.41, 5.74) is 14.0. The molecule has 0 atom stereocenters. The highest BCUT2D eigenvalue weighted by Crippen LogP contribution is 2.34. The smallest absolute Gasteiger partial charge is 0.0649 e. The highest BCUT2D eigenvalue weighted by Gasteiger charge is 2.13. The van der Waals surface area contributed by atoms with Gasteiger partial charge in [0.15, 0.2) is 0 Å². The predicted molar refractivity (Wildman–Crippen MR) is 249 cm³/mol. The number of para-hydroxylation sites is 4. The highest BCUT2D eigenvalue weighted by atomic mass is 15.0. The lowest BCUT2D eigenvalue weighted by Crippen LogP contribution is -1.98. The van der Waals surface area contributed by atoms with E-state index in [1.54, 1.807) is 0 Å². The second-order valence-corrected chi connectivity index (χ2v) is 14.4. The van der Waals surface area contributed by atoms with E-state index in [1.165, 1.54) is 54.9 Å². The lowest BCUT2D eigenvalue weighted by Gasteiger charge is -2.11. The van der Waals surface area contributed by atoms with Crippen LogP contribution in [0.4, 0.5) is 0 Å². The van der Waals surface area contributed by atoms with Gasteiger partial charge in [-0.05, 0) is 89.9 Å². The number of nitrogens with zero attached hydrogens (tertiary/aromatic N) is 3. The van der Waals surface area contributed by atoms with Crippen molar-refractivity contribution in [1.82, 2.24) is 9.13 Å². The minimum atomic E-state index is 0.949. The first-order valence-electron chi connectivity index (χ1n) is 19.8. The number of aliphatic imine (C=N–C) groups is 1. The molecule has 278 valence electrons. The van der Waals surface area contributed by atoms with Crippen molar-refractivity contribution in [1.29, 1.82) is 0 Å². The molecule has 3 heteroatoms. The molecule has 0 amide bonds. The van der Waals surface area contributed by atoms with Crippen LogP contribution in [0.15, 0.2) is 223 Å². The molecule has 2 aromatic heterocycles. The van der Waals surface area contributed by atoms with Crippen LogP contribution in [0.1, 0.15) is 22.3 Å². The van der Waals surface area contributed by atoms with Crippen molar-refractivity contribution in [2.75, 3.05) is 7.05 Å². The van der Waals surface area contributed by atoms with Gasteiger partial charge in [-0.1, -0.05) is 169 Å². The molecule has 0 aliphatic heterocycles. The Hall–Kier alpha value is -7.49. The Morgan fingerprint density at radius 2 is 0.897 bits per heavy atom. The van der Waals surface area contributed by atoms with Gasteiger partial charge in [0, 0.05) is 40.0 Å². The lowest BCUT2D eigenvalue weighted by atomic mass is 9.99. The molecule has 0 saturated carbocycles. The van der Waals surface area contributed by atoms with Gasteiger partial charge in [-0.3, -0.25) is 4.99 Å². The standard InChI is InChI=1S/C37H30N2.C18H13N/c1-27-17-24-37-34(25-27)33-15-9-10-16-36(33)39(37)32-22-20-29(21-23-32)31(19-18-28-11-5-3-6-12-28)26-35(38-2)30-13-7-4-8-14-30;1-2-8-14(9-3-1)19-17-12-6-4-10-15(17)16-11-5-7-13-18(16)19/h3-26H,1-2H3;1-13H/b19-18+,31-26+,38-35?;. The first kappa shape index (κ1) is 36.2. The van der Waals surface area contributed by atoms with Crippen molar-refractivity contribution in [3.63, 3.8) is 0 Å². The molecule has 10 rings (SSSR count). The van der Waals surface area contributed by atoms with Crippen LogP contribution in [0.5, 0.6) is 0 Å². The SMILES string of the molecule is CN=C(/C=C(\C=C\c1ccccc1)c1ccc(-n2c3ccccc3c3cc(C)ccc32)cc1)c1ccccc1.c1ccc(-n2c3ccccc3c3ccccc32)cc1. The van der Waals surface area contributed by atoms with Crippen molar-refractivity contribution < 1.29 is 0 Å². The molecule has 2 heterocycles. The Balaban J connectivity index is 0.000000190. The molecular weight excluding hydrogens is 703 g/mol. The predicted octanol–water partition coefficient (Wildman–Crippen LogP) is 14.1. The van der Waals surface area contributed by atoms with Gasteiger partial charge in [0.2, 0.25) is 0 Å². The molecule has 0 spiro atoms. The summed E-state index contributed by atoms with van der Waals surface area (Å²) in [6.45, 7) is 2.15. The quantitative estimate of drug-likeness (QED) is 0.114. The van der Waals surface area contributed by atoms with E-state index in [9.17, 15) is 0 Å². The average Bonchev–Trinajstić information content (AvgIpc) is 3.80. The topological polar surface area (TPSA) is 22.2 Å². The van der Waals surface area contributed by atoms with Crippen molar-refractivity contribution in [3.05, 3.63) is 241 Å². The zero-order valence-corrected chi connectivity index (χ0v) is 32.7. The van der Waals surface area contributed by atoms with E-state index >= 15 is 0 Å². The zero-order valence-electron chi connectivity index (χ0n) is 32.7. The summed E-state index contributed by atoms with van der Waals surface area (Å²) in [4.78, 5) is 4.61. The minimum absolute atomic E-state index is 0.949. The van der Waals surface area contributed by atoms with Crippen molar-refractivity contribution in [3.8, 4) is 11.4 Å². The summed E-state index contributed by atoms with van der Waals surface area (Å²) < 4.78 is 4.69. The van der Waals surface area contributed by atoms with E-state index in [4.69, 9.17) is 0 Å². The van der Waals surface area contributed by atoms with E-state index < -0.39 is 0 Å². The van der Waals surface area contributed by atoms with Crippen LogP contribution >= 0.6 is 0 Å². The van der Waals surface area contributed by atoms with Gasteiger partial charge in [0.25, 0.3) is 0 Å². The van der Waals surface area contributed by atoms with Gasteiger partial charge in [0.05, 0.1) is 27.8 Å². The molecular formula is C55H43N3. The summed E-state index contributed by atoms with van der Waals surface area (Å²) in [7, 11) is 1.85. The molecule has 0 aliphatic rings. The number of hydrogen-bond donors (Lipinski definition) is 0. The largest absolute Gasteiger partial charge is 0.309 e. The number of aromatic nitrogens is 2. The van der Waals surface area contributed by atoms with Crippen molar-refractivity contribution in [2.45, 2.75) is 6.92 Å². The van der Waals surface area contributed by atoms with Crippen LogP contribution < -0.4 is 0 Å². The molecule has 0 aliphatic carbocycles. The van der Waals surface area contributed by atoms with E-state index in [1.807, 2.05) is 19.2 Å². The van der Waals surface area contributed by atoms with E-state index in [2.05, 4.69) is 233 Å². The van der Waals surface area contributed by atoms with Crippen LogP contribution in [0.3, 0.4) is 0 Å². The number of rotatable bonds is 7. The fourth-order valence-corrected chi connectivity index (χ4v) is 7.96. The average molecular weight is 746 g/mol. The molecule has 0 unspecified atom stereocenters. The molecule has 0 fully saturated rings. The van der Waals surface area contributed by atoms with E-state index in [-0.39, 0.29) is 0 Å². The second kappa shape index (κ2) is 16.3. The van der Waals surface area contributed by atoms with Gasteiger partial charge in [-0.15, -0.1) is 0 Å². The second-order valence-electron chi connectivity index (χ2n) is 14.4. The van der Waals surface area contributed by atoms with E-state index in [0.29, 0.717) is 0 Å². The Bertz CT molecular complexity index is 3040. The normalized spacial score (nSPS) is 12.1. The van der Waals surface area contributed by atoms with Crippen LogP contribution in [0.2, 0.25) is 0 Å². The Kier molecular flexibility index (Phi) is 10.2. The van der Waals surface area contributed by atoms with Gasteiger partial charge in [-0.25, -0.2) is 0 Å². The molecule has 0 radical (unpaired) electrons.